The van der Waals surface area contributed by atoms with Crippen LogP contribution in [0.2, 0.25) is 0 Å². The van der Waals surface area contributed by atoms with Crippen LogP contribution >= 0.6 is 0 Å². The van der Waals surface area contributed by atoms with Gasteiger partial charge in [-0.15, -0.1) is 0 Å². The van der Waals surface area contributed by atoms with Gasteiger partial charge in [-0.25, -0.2) is 0 Å². The minimum atomic E-state index is -0.953. The van der Waals surface area contributed by atoms with Crippen molar-refractivity contribution in [2.45, 2.75) is 244 Å². The lowest BCUT2D eigenvalue weighted by Gasteiger charge is -2.48. The predicted octanol–water partition coefficient (Wildman–Crippen LogP) is 11.7. The summed E-state index contributed by atoms with van der Waals surface area (Å²) in [5.74, 6) is -0.186. The second-order valence-corrected chi connectivity index (χ2v) is 17.2. The van der Waals surface area contributed by atoms with Crippen LogP contribution in [0.4, 0.5) is 0 Å². The Hall–Kier alpha value is -1.67. The summed E-state index contributed by atoms with van der Waals surface area (Å²) in [5.41, 5.74) is -0.953. The number of carbonyl (C=O) groups excluding carboxylic acids is 3. The Bertz CT molecular complexity index is 924. The molecule has 1 heterocycles. The molecule has 1 atom stereocenters. The lowest BCUT2D eigenvalue weighted by Crippen LogP contribution is -2.72. The fourth-order valence-electron chi connectivity index (χ4n) is 7.92. The van der Waals surface area contributed by atoms with E-state index in [-0.39, 0.29) is 43.1 Å². The first kappa shape index (κ1) is 51.3. The van der Waals surface area contributed by atoms with E-state index in [9.17, 15) is 14.4 Å². The Balaban J connectivity index is 2.82. The molecule has 2 amide bonds. The lowest BCUT2D eigenvalue weighted by atomic mass is 9.90. The highest BCUT2D eigenvalue weighted by atomic mass is 16.5. The van der Waals surface area contributed by atoms with Crippen LogP contribution < -0.4 is 5.32 Å². The van der Waals surface area contributed by atoms with Crippen molar-refractivity contribution in [2.24, 2.45) is 0 Å². The fraction of sp³-hybridized carbons (Fsp3) is 0.936. The van der Waals surface area contributed by atoms with Crippen molar-refractivity contribution < 1.29 is 23.9 Å². The number of nitrogens with one attached hydrogen (secondary N) is 1. The third-order valence-corrected chi connectivity index (χ3v) is 11.6. The molecule has 0 spiro atoms. The van der Waals surface area contributed by atoms with Crippen molar-refractivity contribution >= 4 is 17.8 Å². The number of carbonyl (C=O) groups is 3. The number of ether oxygens (including phenoxy) is 2. The number of amides is 2. The predicted molar refractivity (Wildman–Crippen MR) is 231 cm³/mol. The summed E-state index contributed by atoms with van der Waals surface area (Å²) in [5, 5.41) is 3.44. The standard InChI is InChI=1S/C47H91N3O5/c1-7-11-15-19-22-26-33-42(32-25-18-14-10-4)48-46(53)47(40-54-41-47)50(39-31-38-49(5)6)44(51)36-29-30-37-45(52)55-43(34-27-23-20-16-12-8-2)35-28-24-21-17-13-9-3/h42-43H,7-41H2,1-6H3,(H,48,53). The molecule has 0 bridgehead atoms. The van der Waals surface area contributed by atoms with Crippen molar-refractivity contribution in [1.29, 1.82) is 0 Å². The third kappa shape index (κ3) is 24.7. The summed E-state index contributed by atoms with van der Waals surface area (Å²) in [6.45, 7) is 10.8. The summed E-state index contributed by atoms with van der Waals surface area (Å²) in [6.07, 6.45) is 33.6. The molecule has 1 aliphatic heterocycles. The molecule has 1 fully saturated rings. The van der Waals surface area contributed by atoms with Gasteiger partial charge in [0.1, 0.15) is 6.10 Å². The molecule has 1 rings (SSSR count). The molecule has 0 aromatic rings. The zero-order valence-electron chi connectivity index (χ0n) is 37.3. The monoisotopic (exact) mass is 778 g/mol. The molecular formula is C47H91N3O5. The van der Waals surface area contributed by atoms with Crippen LogP contribution in [-0.2, 0) is 23.9 Å². The SMILES string of the molecule is CCCCCCCCC(CCCCCC)NC(=O)C1(N(CCCN(C)C)C(=O)CCCCC(=O)OC(CCCCCCCC)CCCCCCCC)COC1. The van der Waals surface area contributed by atoms with E-state index < -0.39 is 5.54 Å². The molecule has 1 aliphatic rings. The highest BCUT2D eigenvalue weighted by Gasteiger charge is 2.52. The van der Waals surface area contributed by atoms with Gasteiger partial charge in [0.2, 0.25) is 5.91 Å². The number of hydrogen-bond donors (Lipinski definition) is 1. The van der Waals surface area contributed by atoms with Gasteiger partial charge in [0, 0.05) is 25.4 Å². The number of hydrogen-bond acceptors (Lipinski definition) is 6. The normalized spacial score (nSPS) is 14.3. The first-order valence-electron chi connectivity index (χ1n) is 23.8. The maximum absolute atomic E-state index is 14.2. The van der Waals surface area contributed by atoms with Crippen molar-refractivity contribution in [3.05, 3.63) is 0 Å². The van der Waals surface area contributed by atoms with Crippen LogP contribution in [0.15, 0.2) is 0 Å². The van der Waals surface area contributed by atoms with E-state index in [0.29, 0.717) is 32.2 Å². The van der Waals surface area contributed by atoms with Crippen LogP contribution in [-0.4, -0.2) is 85.7 Å². The van der Waals surface area contributed by atoms with Gasteiger partial charge in [-0.2, -0.15) is 0 Å². The third-order valence-electron chi connectivity index (χ3n) is 11.6. The van der Waals surface area contributed by atoms with E-state index in [1.165, 1.54) is 116 Å². The smallest absolute Gasteiger partial charge is 0.306 e. The first-order valence-corrected chi connectivity index (χ1v) is 23.8. The second kappa shape index (κ2) is 34.4. The molecule has 0 aliphatic carbocycles. The van der Waals surface area contributed by atoms with Gasteiger partial charge in [0.25, 0.3) is 5.91 Å². The van der Waals surface area contributed by atoms with Gasteiger partial charge in [-0.3, -0.25) is 14.4 Å². The minimum absolute atomic E-state index is 0.00665. The highest BCUT2D eigenvalue weighted by molar-refractivity contribution is 5.93. The molecule has 1 saturated heterocycles. The number of esters is 1. The maximum Gasteiger partial charge on any atom is 0.306 e. The van der Waals surface area contributed by atoms with Gasteiger partial charge >= 0.3 is 5.97 Å². The summed E-state index contributed by atoms with van der Waals surface area (Å²) < 4.78 is 11.8. The van der Waals surface area contributed by atoms with Gasteiger partial charge in [-0.1, -0.05) is 156 Å². The molecule has 1 unspecified atom stereocenters. The zero-order chi connectivity index (χ0) is 40.4. The summed E-state index contributed by atoms with van der Waals surface area (Å²) in [6, 6.07) is 0.128. The number of unbranched alkanes of at least 4 members (excludes halogenated alkanes) is 19. The number of nitrogens with zero attached hydrogens (tertiary/aromatic N) is 2. The molecule has 0 saturated carbocycles. The van der Waals surface area contributed by atoms with E-state index in [0.717, 1.165) is 64.3 Å². The van der Waals surface area contributed by atoms with E-state index in [1.54, 1.807) is 0 Å². The zero-order valence-corrected chi connectivity index (χ0v) is 37.3. The molecule has 8 nitrogen and oxygen atoms in total. The maximum atomic E-state index is 14.2. The van der Waals surface area contributed by atoms with Crippen LogP contribution in [0, 0.1) is 0 Å². The average Bonchev–Trinajstić information content (AvgIpc) is 3.14. The van der Waals surface area contributed by atoms with Crippen molar-refractivity contribution in [1.82, 2.24) is 15.1 Å². The Kier molecular flexibility index (Phi) is 32.1. The molecule has 0 aromatic heterocycles. The van der Waals surface area contributed by atoms with Crippen LogP contribution in [0.25, 0.3) is 0 Å². The van der Waals surface area contributed by atoms with Crippen molar-refractivity contribution in [3.63, 3.8) is 0 Å². The molecule has 0 aromatic carbocycles. The quantitative estimate of drug-likeness (QED) is 0.0494. The van der Waals surface area contributed by atoms with Gasteiger partial charge in [-0.05, 0) is 78.4 Å². The van der Waals surface area contributed by atoms with Crippen LogP contribution in [0.5, 0.6) is 0 Å². The minimum Gasteiger partial charge on any atom is -0.462 e. The Labute approximate surface area is 340 Å². The topological polar surface area (TPSA) is 88.2 Å². The van der Waals surface area contributed by atoms with E-state index in [2.05, 4.69) is 37.9 Å². The van der Waals surface area contributed by atoms with E-state index in [1.807, 2.05) is 19.0 Å². The van der Waals surface area contributed by atoms with Crippen molar-refractivity contribution in [2.75, 3.05) is 40.4 Å². The average molecular weight is 778 g/mol. The van der Waals surface area contributed by atoms with Gasteiger partial charge in [0.15, 0.2) is 5.54 Å². The molecule has 1 N–H and O–H groups in total. The Morgan fingerprint density at radius 3 is 1.45 bits per heavy atom. The summed E-state index contributed by atoms with van der Waals surface area (Å²) >= 11 is 0. The van der Waals surface area contributed by atoms with E-state index >= 15 is 0 Å². The summed E-state index contributed by atoms with van der Waals surface area (Å²) in [7, 11) is 4.08. The molecule has 8 heteroatoms. The Morgan fingerprint density at radius 1 is 0.564 bits per heavy atom. The summed E-state index contributed by atoms with van der Waals surface area (Å²) in [4.78, 5) is 45.2. The largest absolute Gasteiger partial charge is 0.462 e. The molecule has 0 radical (unpaired) electrons. The Morgan fingerprint density at radius 2 is 1.00 bits per heavy atom. The lowest BCUT2D eigenvalue weighted by molar-refractivity contribution is -0.180. The first-order chi connectivity index (χ1) is 26.7. The molecular weight excluding hydrogens is 687 g/mol. The number of rotatable bonds is 39. The second-order valence-electron chi connectivity index (χ2n) is 17.2. The van der Waals surface area contributed by atoms with Gasteiger partial charge < -0.3 is 24.6 Å². The molecule has 324 valence electrons. The molecule has 55 heavy (non-hydrogen) atoms. The van der Waals surface area contributed by atoms with Crippen LogP contribution in [0.1, 0.15) is 227 Å². The highest BCUT2D eigenvalue weighted by Crippen LogP contribution is 2.29. The van der Waals surface area contributed by atoms with Crippen LogP contribution in [0.3, 0.4) is 0 Å². The fourth-order valence-corrected chi connectivity index (χ4v) is 7.92. The van der Waals surface area contributed by atoms with E-state index in [4.69, 9.17) is 9.47 Å². The van der Waals surface area contributed by atoms with Crippen molar-refractivity contribution in [3.8, 4) is 0 Å². The van der Waals surface area contributed by atoms with Gasteiger partial charge in [0.05, 0.1) is 13.2 Å².